The van der Waals surface area contributed by atoms with Gasteiger partial charge in [0.15, 0.2) is 0 Å². The van der Waals surface area contributed by atoms with Crippen LogP contribution in [0.4, 0.5) is 0 Å². The molecule has 0 N–H and O–H groups in total. The van der Waals surface area contributed by atoms with Gasteiger partial charge in [-0.25, -0.2) is 0 Å². The molecule has 128 valence electrons. The van der Waals surface area contributed by atoms with Crippen LogP contribution in [0.3, 0.4) is 0 Å². The molecule has 0 saturated carbocycles. The first kappa shape index (κ1) is 43.3. The molecule has 0 bridgehead atoms. The van der Waals surface area contributed by atoms with E-state index in [4.69, 9.17) is 0 Å². The fourth-order valence-corrected chi connectivity index (χ4v) is 0.485. The topological polar surface area (TPSA) is 24.7 Å². The van der Waals surface area contributed by atoms with Gasteiger partial charge in [0, 0.05) is 0 Å². The van der Waals surface area contributed by atoms with Crippen LogP contribution in [0.5, 0.6) is 0 Å². The van der Waals surface area contributed by atoms with Crippen LogP contribution in [-0.2, 0) is 77.4 Å². The second-order valence-electron chi connectivity index (χ2n) is 1.31. The Morgan fingerprint density at radius 1 is 1.00 bits per heavy atom. The van der Waals surface area contributed by atoms with Crippen molar-refractivity contribution >= 4 is 30.8 Å². The summed E-state index contributed by atoms with van der Waals surface area (Å²) in [5.41, 5.74) is 0. The van der Waals surface area contributed by atoms with Gasteiger partial charge in [-0.1, -0.05) is 41.5 Å². The molecule has 0 aromatic rings. The molecular weight excluding hydrogens is 944 g/mol. The predicted molar refractivity (Wildman–Crippen MR) is 89.1 cm³/mol. The van der Waals surface area contributed by atoms with E-state index in [9.17, 15) is 0 Å². The van der Waals surface area contributed by atoms with Crippen molar-refractivity contribution in [2.45, 2.75) is 62.3 Å². The zero-order valence-corrected chi connectivity index (χ0v) is 26.5. The molecule has 0 aliphatic rings. The van der Waals surface area contributed by atoms with Gasteiger partial charge in [-0.05, 0) is 0 Å². The summed E-state index contributed by atoms with van der Waals surface area (Å²) in [7, 11) is 0. The minimum absolute atomic E-state index is 1.08. The number of hydrogen-bond donors (Lipinski definition) is 0. The van der Waals surface area contributed by atoms with Crippen LogP contribution < -0.4 is 0 Å². The third kappa shape index (κ3) is 266. The molecule has 0 aliphatic heterocycles. The summed E-state index contributed by atoms with van der Waals surface area (Å²) < 4.78 is 5.58. The van der Waals surface area contributed by atoms with Crippen LogP contribution in [0, 0.1) is 0 Å². The Bertz CT molecular complexity index is 188. The standard InChI is InChI=1S/C4H6N.C2H2N.3C2H6.C2H3.CH.4W/c1-3-5-4-2;1-3-2;4*1-2;;;;;/h1-2H3;1-2H;3*1-2H3;1H3;1H;;;;/q2*-1;;;;2*-1;;;;. The quantitative estimate of drug-likeness (QED) is 0.299. The molecule has 6 heteroatoms. The fraction of sp³-hybridized carbons (Fsp3) is 0.600. The van der Waals surface area contributed by atoms with E-state index in [-0.39, 0.29) is 0 Å². The summed E-state index contributed by atoms with van der Waals surface area (Å²) in [4.78, 5) is 11.6. The summed E-state index contributed by atoms with van der Waals surface area (Å²) in [6.07, 6.45) is 2.68. The second kappa shape index (κ2) is 99.6. The maximum absolute atomic E-state index is 4.62. The molecule has 0 amide bonds. The van der Waals surface area contributed by atoms with Gasteiger partial charge in [-0.3, -0.25) is 0 Å². The van der Waals surface area contributed by atoms with Crippen molar-refractivity contribution in [1.29, 1.82) is 0 Å². The maximum atomic E-state index is 4.62. The van der Waals surface area contributed by atoms with Gasteiger partial charge in [-0.2, -0.15) is 0 Å². The molecule has 0 saturated heterocycles. The monoisotopic (exact) mass is 974 g/mol. The summed E-state index contributed by atoms with van der Waals surface area (Å²) in [5.74, 6) is 0. The molecule has 0 heterocycles. The Hall–Kier alpha value is 1.57. The Morgan fingerprint density at radius 2 is 1.19 bits per heavy atom. The first-order chi connectivity index (χ1) is 10.1. The van der Waals surface area contributed by atoms with Crippen LogP contribution in [0.1, 0.15) is 62.3 Å². The molecule has 21 heavy (non-hydrogen) atoms. The van der Waals surface area contributed by atoms with Gasteiger partial charge in [0.1, 0.15) is 0 Å². The Balaban J connectivity index is -0.0000000233. The van der Waals surface area contributed by atoms with Gasteiger partial charge in [0.25, 0.3) is 0 Å². The third-order valence-electron chi connectivity index (χ3n) is 0.330. The fourth-order valence-electron chi connectivity index (χ4n) is 0.157. The number of hydrogen-bond acceptors (Lipinski definition) is 2. The van der Waals surface area contributed by atoms with Gasteiger partial charge in [0.05, 0.1) is 0 Å². The van der Waals surface area contributed by atoms with E-state index >= 15 is 0 Å². The minimum atomic E-state index is 1.08. The van der Waals surface area contributed by atoms with Gasteiger partial charge >= 0.3 is 139 Å². The van der Waals surface area contributed by atoms with E-state index in [1.54, 1.807) is 11.4 Å². The molecule has 0 aromatic heterocycles. The van der Waals surface area contributed by atoms with Crippen LogP contribution in [0.15, 0.2) is 9.98 Å². The molecule has 0 spiro atoms. The van der Waals surface area contributed by atoms with Crippen molar-refractivity contribution in [3.05, 3.63) is 0 Å². The number of nitrogens with zero attached hydrogens (tertiary/aromatic N) is 2. The third-order valence-corrected chi connectivity index (χ3v) is 1.10. The van der Waals surface area contributed by atoms with Crippen molar-refractivity contribution in [3.8, 4) is 0 Å². The van der Waals surface area contributed by atoms with Crippen molar-refractivity contribution in [2.24, 2.45) is 9.98 Å². The first-order valence-electron chi connectivity index (χ1n) is 6.34. The molecule has 2 nitrogen and oxygen atoms in total. The Labute approximate surface area is 178 Å². The zero-order valence-electron chi connectivity index (χ0n) is 14.8. The number of rotatable bonds is 2. The van der Waals surface area contributed by atoms with Crippen molar-refractivity contribution in [3.63, 3.8) is 0 Å². The normalized spacial score (nSPS) is 5.38. The van der Waals surface area contributed by atoms with Crippen molar-refractivity contribution in [2.75, 3.05) is 0 Å². The molecule has 0 atom stereocenters. The summed E-state index contributed by atoms with van der Waals surface area (Å²) in [6, 6.07) is 0. The van der Waals surface area contributed by atoms with Gasteiger partial charge in [-0.15, -0.1) is 0 Å². The van der Waals surface area contributed by atoms with E-state index in [1.165, 1.54) is 58.1 Å². The van der Waals surface area contributed by atoms with Crippen LogP contribution in [0.2, 0.25) is 0 Å². The van der Waals surface area contributed by atoms with Crippen LogP contribution in [-0.4, -0.2) is 30.8 Å². The molecular formula is C15H30N2W4-4. The SMILES string of the molecule is CC.CC.CC.C[C-]=N[C](C)=[W].C[C-]=[W].[CH-]=N[CH]=[W].[CH-]=[W]. The van der Waals surface area contributed by atoms with Crippen LogP contribution in [0.25, 0.3) is 0 Å². The molecule has 0 rings (SSSR count). The Kier molecular flexibility index (Phi) is 206. The average Bonchev–Trinajstić information content (AvgIpc) is 2.56. The average molecular weight is 974 g/mol. The van der Waals surface area contributed by atoms with Crippen molar-refractivity contribution in [1.82, 2.24) is 0 Å². The van der Waals surface area contributed by atoms with Gasteiger partial charge in [0.2, 0.25) is 0 Å². The molecule has 0 fully saturated rings. The van der Waals surface area contributed by atoms with E-state index in [0.717, 1.165) is 23.4 Å². The zero-order chi connectivity index (χ0) is 19.1. The second-order valence-corrected chi connectivity index (χ2v) is 5.66. The van der Waals surface area contributed by atoms with E-state index < -0.39 is 0 Å². The predicted octanol–water partition coefficient (Wildman–Crippen LogP) is 3.67. The molecule has 0 unspecified atom stereocenters. The van der Waals surface area contributed by atoms with Gasteiger partial charge < -0.3 is 0 Å². The Morgan fingerprint density at radius 3 is 1.19 bits per heavy atom. The summed E-state index contributed by atoms with van der Waals surface area (Å²) in [5, 5.41) is 0. The van der Waals surface area contributed by atoms with Crippen LogP contribution >= 0.6 is 0 Å². The summed E-state index contributed by atoms with van der Waals surface area (Å²) >= 11 is 5.21. The van der Waals surface area contributed by atoms with E-state index in [1.807, 2.05) is 55.4 Å². The van der Waals surface area contributed by atoms with E-state index in [2.05, 4.69) is 32.2 Å². The molecule has 0 aromatic carbocycles. The van der Waals surface area contributed by atoms with E-state index in [0.29, 0.717) is 0 Å². The molecule has 0 radical (unpaired) electrons. The van der Waals surface area contributed by atoms with Crippen molar-refractivity contribution < 1.29 is 77.4 Å². The number of aliphatic imine (C=N–C) groups is 2. The molecule has 0 aliphatic carbocycles. The summed E-state index contributed by atoms with van der Waals surface area (Å²) in [6.45, 7) is 22.3. The first-order valence-corrected chi connectivity index (χ1v) is 12.7.